The molecule has 172 valence electrons. The Hall–Kier alpha value is -3.75. The number of rotatable bonds is 2. The van der Waals surface area contributed by atoms with E-state index in [0.717, 1.165) is 19.3 Å². The van der Waals surface area contributed by atoms with Gasteiger partial charge in [0.15, 0.2) is 11.6 Å². The van der Waals surface area contributed by atoms with Crippen LogP contribution in [-0.2, 0) is 0 Å². The number of nitrogen functional groups attached to an aromatic ring is 1. The SMILES string of the molecule is CN/N=C1/CC(=CN)C(=NC2CCC2)c2cnc(N)c(c2)O[C@H](C)c2cc(F)ccc2C1=N. The van der Waals surface area contributed by atoms with Gasteiger partial charge in [-0.2, -0.15) is 5.10 Å². The van der Waals surface area contributed by atoms with Gasteiger partial charge in [-0.05, 0) is 62.2 Å². The molecule has 2 aromatic rings. The minimum absolute atomic E-state index is 0.146. The molecule has 33 heavy (non-hydrogen) atoms. The molecule has 6 N–H and O–H groups in total. The Morgan fingerprint density at radius 2 is 2.09 bits per heavy atom. The second kappa shape index (κ2) is 9.40. The van der Waals surface area contributed by atoms with Gasteiger partial charge in [-0.25, -0.2) is 9.37 Å². The van der Waals surface area contributed by atoms with Crippen LogP contribution in [0.3, 0.4) is 0 Å². The molecule has 8 nitrogen and oxygen atoms in total. The average Bonchev–Trinajstić information content (AvgIpc) is 2.77. The fraction of sp³-hybridized carbons (Fsp3) is 0.333. The van der Waals surface area contributed by atoms with Crippen molar-refractivity contribution in [2.45, 2.75) is 44.8 Å². The monoisotopic (exact) mass is 449 g/mol. The number of pyridine rings is 1. The summed E-state index contributed by atoms with van der Waals surface area (Å²) in [5, 5.41) is 13.3. The third kappa shape index (κ3) is 4.57. The summed E-state index contributed by atoms with van der Waals surface area (Å²) >= 11 is 0. The Balaban J connectivity index is 1.93. The van der Waals surface area contributed by atoms with Crippen molar-refractivity contribution in [3.05, 3.63) is 64.7 Å². The van der Waals surface area contributed by atoms with E-state index in [0.29, 0.717) is 39.4 Å². The molecule has 2 bridgehead atoms. The lowest BCUT2D eigenvalue weighted by Crippen LogP contribution is -2.25. The van der Waals surface area contributed by atoms with E-state index in [4.69, 9.17) is 26.6 Å². The molecule has 1 aliphatic carbocycles. The van der Waals surface area contributed by atoms with Gasteiger partial charge in [0.05, 0.1) is 23.2 Å². The quantitative estimate of drug-likeness (QED) is 0.521. The van der Waals surface area contributed by atoms with Crippen molar-refractivity contribution in [1.29, 1.82) is 5.41 Å². The van der Waals surface area contributed by atoms with Crippen LogP contribution in [0.5, 0.6) is 5.75 Å². The fourth-order valence-corrected chi connectivity index (χ4v) is 3.95. The molecule has 0 saturated heterocycles. The van der Waals surface area contributed by atoms with Crippen molar-refractivity contribution < 1.29 is 9.13 Å². The molecule has 4 rings (SSSR count). The Kier molecular flexibility index (Phi) is 6.39. The highest BCUT2D eigenvalue weighted by molar-refractivity contribution is 6.48. The summed E-state index contributed by atoms with van der Waals surface area (Å²) in [7, 11) is 1.67. The molecule has 1 saturated carbocycles. The number of aromatic nitrogens is 1. The molecule has 1 aromatic carbocycles. The van der Waals surface area contributed by atoms with Crippen LogP contribution in [0.25, 0.3) is 0 Å². The molecule has 0 amide bonds. The third-order valence-corrected chi connectivity index (χ3v) is 5.96. The highest BCUT2D eigenvalue weighted by atomic mass is 19.1. The Bertz CT molecular complexity index is 1170. The lowest BCUT2D eigenvalue weighted by molar-refractivity contribution is 0.227. The minimum atomic E-state index is -0.595. The predicted molar refractivity (Wildman–Crippen MR) is 128 cm³/mol. The van der Waals surface area contributed by atoms with Crippen molar-refractivity contribution in [1.82, 2.24) is 10.4 Å². The van der Waals surface area contributed by atoms with Gasteiger partial charge in [-0.15, -0.1) is 0 Å². The summed E-state index contributed by atoms with van der Waals surface area (Å²) < 4.78 is 20.3. The summed E-state index contributed by atoms with van der Waals surface area (Å²) in [5.74, 6) is 0.159. The summed E-state index contributed by atoms with van der Waals surface area (Å²) in [4.78, 5) is 9.28. The number of hydrazone groups is 1. The smallest absolute Gasteiger partial charge is 0.166 e. The summed E-state index contributed by atoms with van der Waals surface area (Å²) in [6.45, 7) is 1.78. The molecule has 0 spiro atoms. The van der Waals surface area contributed by atoms with Crippen LogP contribution in [0.15, 0.2) is 52.3 Å². The summed E-state index contributed by atoms with van der Waals surface area (Å²) in [5.41, 5.74) is 18.7. The zero-order chi connectivity index (χ0) is 23.5. The Morgan fingerprint density at radius 1 is 1.30 bits per heavy atom. The standard InChI is InChI=1S/C24H28FN7O/c1-13-19-10-16(25)6-7-18(19)22(27)20(32-29-2)8-14(11-26)23(31-17-4-3-5-17)15-9-21(33-13)24(28)30-12-15/h6-7,9-13,17,27,29H,3-5,8,26H2,1-2H3,(H2,28,30)/b14-11?,27-22?,31-23?,32-20-/t13-/m1/s1. The number of nitrogens with two attached hydrogens (primary N) is 2. The minimum Gasteiger partial charge on any atom is -0.482 e. The number of ether oxygens (including phenoxy) is 1. The van der Waals surface area contributed by atoms with Crippen molar-refractivity contribution in [3.63, 3.8) is 0 Å². The van der Waals surface area contributed by atoms with Crippen LogP contribution in [0.2, 0.25) is 0 Å². The summed E-state index contributed by atoms with van der Waals surface area (Å²) in [6, 6.07) is 6.25. The highest BCUT2D eigenvalue weighted by Crippen LogP contribution is 2.32. The van der Waals surface area contributed by atoms with Gasteiger partial charge < -0.3 is 21.6 Å². The van der Waals surface area contributed by atoms with E-state index in [1.54, 1.807) is 32.3 Å². The Morgan fingerprint density at radius 3 is 2.76 bits per heavy atom. The molecular formula is C24H28FN7O. The van der Waals surface area contributed by atoms with E-state index in [1.807, 2.05) is 0 Å². The molecular weight excluding hydrogens is 421 g/mol. The normalized spacial score (nSPS) is 22.8. The van der Waals surface area contributed by atoms with E-state index < -0.39 is 11.9 Å². The number of hydrogen-bond donors (Lipinski definition) is 4. The first-order valence-corrected chi connectivity index (χ1v) is 10.9. The number of aliphatic imine (C=N–C) groups is 1. The molecule has 1 aromatic heterocycles. The lowest BCUT2D eigenvalue weighted by atomic mass is 9.90. The molecule has 0 unspecified atom stereocenters. The van der Waals surface area contributed by atoms with Gasteiger partial charge in [-0.3, -0.25) is 10.4 Å². The van der Waals surface area contributed by atoms with E-state index in [-0.39, 0.29) is 24.0 Å². The average molecular weight is 450 g/mol. The molecule has 1 fully saturated rings. The van der Waals surface area contributed by atoms with Crippen LogP contribution >= 0.6 is 0 Å². The zero-order valence-corrected chi connectivity index (χ0v) is 18.7. The predicted octanol–water partition coefficient (Wildman–Crippen LogP) is 3.47. The molecule has 1 aliphatic heterocycles. The first-order chi connectivity index (χ1) is 15.9. The molecule has 2 heterocycles. The molecule has 0 radical (unpaired) electrons. The van der Waals surface area contributed by atoms with Gasteiger partial charge in [0.2, 0.25) is 0 Å². The molecule has 9 heteroatoms. The molecule has 1 atom stereocenters. The molecule has 2 aliphatic rings. The topological polar surface area (TPSA) is 135 Å². The number of fused-ring (bicyclic) bond motifs is 3. The Labute approximate surface area is 192 Å². The first-order valence-electron chi connectivity index (χ1n) is 10.9. The van der Waals surface area contributed by atoms with Crippen LogP contribution in [0, 0.1) is 11.2 Å². The van der Waals surface area contributed by atoms with E-state index in [2.05, 4.69) is 15.5 Å². The van der Waals surface area contributed by atoms with E-state index >= 15 is 0 Å². The number of hydrogen-bond acceptors (Lipinski definition) is 8. The van der Waals surface area contributed by atoms with Gasteiger partial charge in [-0.1, -0.05) is 0 Å². The zero-order valence-electron chi connectivity index (χ0n) is 18.7. The van der Waals surface area contributed by atoms with Crippen LogP contribution in [-0.4, -0.2) is 35.2 Å². The maximum Gasteiger partial charge on any atom is 0.166 e. The number of halogens is 1. The summed E-state index contributed by atoms with van der Waals surface area (Å²) in [6.07, 6.45) is 5.96. The van der Waals surface area contributed by atoms with Crippen LogP contribution < -0.4 is 21.6 Å². The largest absolute Gasteiger partial charge is 0.482 e. The maximum absolute atomic E-state index is 14.2. The van der Waals surface area contributed by atoms with Crippen molar-refractivity contribution >= 4 is 23.0 Å². The van der Waals surface area contributed by atoms with Gasteiger partial charge in [0.1, 0.15) is 11.9 Å². The van der Waals surface area contributed by atoms with Crippen LogP contribution in [0.1, 0.15) is 55.4 Å². The third-order valence-electron chi connectivity index (χ3n) is 5.96. The second-order valence-electron chi connectivity index (χ2n) is 8.19. The number of nitrogens with zero attached hydrogens (tertiary/aromatic N) is 3. The van der Waals surface area contributed by atoms with Gasteiger partial charge in [0.25, 0.3) is 0 Å². The van der Waals surface area contributed by atoms with E-state index in [1.165, 1.54) is 18.3 Å². The van der Waals surface area contributed by atoms with Crippen molar-refractivity contribution in [2.24, 2.45) is 15.8 Å². The number of benzene rings is 1. The number of allylic oxidation sites excluding steroid dienone is 1. The number of nitrogens with one attached hydrogen (secondary N) is 2. The van der Waals surface area contributed by atoms with Crippen LogP contribution in [0.4, 0.5) is 10.2 Å². The number of anilines is 1. The van der Waals surface area contributed by atoms with E-state index in [9.17, 15) is 4.39 Å². The fourth-order valence-electron chi connectivity index (χ4n) is 3.95. The maximum atomic E-state index is 14.2. The van der Waals surface area contributed by atoms with Crippen molar-refractivity contribution in [2.75, 3.05) is 12.8 Å². The lowest BCUT2D eigenvalue weighted by Gasteiger charge is -2.25. The van der Waals surface area contributed by atoms with Crippen molar-refractivity contribution in [3.8, 4) is 5.75 Å². The van der Waals surface area contributed by atoms with Gasteiger partial charge in [0, 0.05) is 36.4 Å². The second-order valence-corrected chi connectivity index (χ2v) is 8.19. The first kappa shape index (κ1) is 22.4. The highest BCUT2D eigenvalue weighted by Gasteiger charge is 2.26. The van der Waals surface area contributed by atoms with Gasteiger partial charge >= 0.3 is 0 Å².